The first-order valence-electron chi connectivity index (χ1n) is 7.97. The molecule has 2 rings (SSSR count). The summed E-state index contributed by atoms with van der Waals surface area (Å²) in [6.45, 7) is 4.83. The van der Waals surface area contributed by atoms with Crippen molar-refractivity contribution in [3.63, 3.8) is 0 Å². The molecule has 0 aliphatic heterocycles. The van der Waals surface area contributed by atoms with Gasteiger partial charge in [0.1, 0.15) is 10.8 Å². The minimum Gasteiger partial charge on any atom is -0.497 e. The van der Waals surface area contributed by atoms with Crippen molar-refractivity contribution in [2.24, 2.45) is 0 Å². The Bertz CT molecular complexity index is 625. The van der Waals surface area contributed by atoms with E-state index in [1.54, 1.807) is 12.0 Å². The molecule has 1 aromatic heterocycles. The molecule has 0 saturated heterocycles. The zero-order chi connectivity index (χ0) is 16.7. The van der Waals surface area contributed by atoms with Gasteiger partial charge in [-0.05, 0) is 37.1 Å². The normalized spacial score (nSPS) is 10.6. The lowest BCUT2D eigenvalue weighted by atomic mass is 10.2. The van der Waals surface area contributed by atoms with E-state index in [1.807, 2.05) is 31.2 Å². The van der Waals surface area contributed by atoms with Crippen molar-refractivity contribution in [1.82, 2.24) is 10.2 Å². The van der Waals surface area contributed by atoms with Gasteiger partial charge in [-0.1, -0.05) is 31.6 Å². The van der Waals surface area contributed by atoms with Gasteiger partial charge in [-0.25, -0.2) is 0 Å². The van der Waals surface area contributed by atoms with E-state index in [1.165, 1.54) is 11.3 Å². The van der Waals surface area contributed by atoms with Gasteiger partial charge in [0.15, 0.2) is 0 Å². The lowest BCUT2D eigenvalue weighted by molar-refractivity contribution is -0.118. The van der Waals surface area contributed by atoms with Gasteiger partial charge in [0.25, 0.3) is 0 Å². The molecular formula is C17H23N3O2S. The summed E-state index contributed by atoms with van der Waals surface area (Å²) in [6, 6.07) is 7.70. The number of carbonyl (C=O) groups excluding carboxylic acids is 1. The van der Waals surface area contributed by atoms with Crippen molar-refractivity contribution in [3.8, 4) is 16.3 Å². The molecule has 1 amide bonds. The number of hydrogen-bond acceptors (Lipinski definition) is 5. The predicted molar refractivity (Wildman–Crippen MR) is 94.1 cm³/mol. The van der Waals surface area contributed by atoms with E-state index in [0.29, 0.717) is 18.1 Å². The first-order chi connectivity index (χ1) is 11.2. The minimum absolute atomic E-state index is 0.124. The Morgan fingerprint density at radius 3 is 2.52 bits per heavy atom. The Morgan fingerprint density at radius 2 is 1.91 bits per heavy atom. The van der Waals surface area contributed by atoms with Crippen molar-refractivity contribution in [1.29, 1.82) is 0 Å². The van der Waals surface area contributed by atoms with Crippen LogP contribution in [0, 0.1) is 0 Å². The van der Waals surface area contributed by atoms with Gasteiger partial charge in [-0.3, -0.25) is 9.69 Å². The van der Waals surface area contributed by atoms with E-state index in [4.69, 9.17) is 4.74 Å². The van der Waals surface area contributed by atoms with Crippen LogP contribution in [0.1, 0.15) is 39.5 Å². The molecule has 0 atom stereocenters. The van der Waals surface area contributed by atoms with Gasteiger partial charge in [0.05, 0.1) is 7.11 Å². The summed E-state index contributed by atoms with van der Waals surface area (Å²) in [6.07, 6.45) is 3.39. The van der Waals surface area contributed by atoms with E-state index in [2.05, 4.69) is 17.1 Å². The lowest BCUT2D eigenvalue weighted by Gasteiger charge is -2.18. The first kappa shape index (κ1) is 17.4. The molecule has 2 aromatic rings. The molecule has 0 spiro atoms. The summed E-state index contributed by atoms with van der Waals surface area (Å²) < 4.78 is 5.17. The van der Waals surface area contributed by atoms with Crippen LogP contribution in [0.15, 0.2) is 24.3 Å². The second kappa shape index (κ2) is 8.62. The molecule has 0 aliphatic carbocycles. The van der Waals surface area contributed by atoms with E-state index >= 15 is 0 Å². The molecule has 0 radical (unpaired) electrons. The van der Waals surface area contributed by atoms with Crippen molar-refractivity contribution in [3.05, 3.63) is 24.3 Å². The number of methoxy groups -OCH3 is 1. The number of ether oxygens (including phenoxy) is 1. The standard InChI is InChI=1S/C17H23N3O2S/c1-4-6-12-20(15(21)7-5-2)17-19-18-16(23-17)13-8-10-14(22-3)11-9-13/h8-11H,4-7,12H2,1-3H3. The monoisotopic (exact) mass is 333 g/mol. The highest BCUT2D eigenvalue weighted by atomic mass is 32.1. The highest BCUT2D eigenvalue weighted by Gasteiger charge is 2.19. The van der Waals surface area contributed by atoms with E-state index in [9.17, 15) is 4.79 Å². The Morgan fingerprint density at radius 1 is 1.17 bits per heavy atom. The summed E-state index contributed by atoms with van der Waals surface area (Å²) in [5.41, 5.74) is 0.980. The average molecular weight is 333 g/mol. The van der Waals surface area contributed by atoms with E-state index in [0.717, 1.165) is 35.6 Å². The fraction of sp³-hybridized carbons (Fsp3) is 0.471. The summed E-state index contributed by atoms with van der Waals surface area (Å²) in [5.74, 6) is 0.930. The Hall–Kier alpha value is -1.95. The zero-order valence-electron chi connectivity index (χ0n) is 13.9. The zero-order valence-corrected chi connectivity index (χ0v) is 14.7. The number of carbonyl (C=O) groups is 1. The van der Waals surface area contributed by atoms with Crippen LogP contribution < -0.4 is 9.64 Å². The fourth-order valence-electron chi connectivity index (χ4n) is 2.17. The van der Waals surface area contributed by atoms with Crippen LogP contribution in [0.3, 0.4) is 0 Å². The molecule has 5 nitrogen and oxygen atoms in total. The molecule has 0 aliphatic rings. The molecule has 124 valence electrons. The number of nitrogens with zero attached hydrogens (tertiary/aromatic N) is 3. The van der Waals surface area contributed by atoms with Gasteiger partial charge in [0.2, 0.25) is 11.0 Å². The minimum atomic E-state index is 0.124. The molecule has 23 heavy (non-hydrogen) atoms. The van der Waals surface area contributed by atoms with Gasteiger partial charge >= 0.3 is 0 Å². The third kappa shape index (κ3) is 4.51. The highest BCUT2D eigenvalue weighted by Crippen LogP contribution is 2.30. The molecule has 0 fully saturated rings. The predicted octanol–water partition coefficient (Wildman–Crippen LogP) is 4.15. The van der Waals surface area contributed by atoms with E-state index < -0.39 is 0 Å². The topological polar surface area (TPSA) is 55.3 Å². The number of unbranched alkanes of at least 4 members (excludes halogenated alkanes) is 1. The van der Waals surface area contributed by atoms with Crippen LogP contribution in [0.4, 0.5) is 5.13 Å². The van der Waals surface area contributed by atoms with Gasteiger partial charge < -0.3 is 4.74 Å². The third-order valence-electron chi connectivity index (χ3n) is 3.48. The van der Waals surface area contributed by atoms with Crippen molar-refractivity contribution in [2.75, 3.05) is 18.6 Å². The fourth-order valence-corrected chi connectivity index (χ4v) is 3.06. The van der Waals surface area contributed by atoms with Crippen molar-refractivity contribution >= 4 is 22.4 Å². The second-order valence-electron chi connectivity index (χ2n) is 5.27. The van der Waals surface area contributed by atoms with Crippen LogP contribution >= 0.6 is 11.3 Å². The number of amides is 1. The number of anilines is 1. The maximum atomic E-state index is 12.3. The number of benzene rings is 1. The molecule has 6 heteroatoms. The Labute approximate surface area is 141 Å². The molecule has 1 aromatic carbocycles. The SMILES string of the molecule is CCCCN(C(=O)CCC)c1nnc(-c2ccc(OC)cc2)s1. The molecule has 1 heterocycles. The molecular weight excluding hydrogens is 310 g/mol. The van der Waals surface area contributed by atoms with Crippen molar-refractivity contribution in [2.45, 2.75) is 39.5 Å². The molecule has 0 N–H and O–H groups in total. The first-order valence-corrected chi connectivity index (χ1v) is 8.79. The maximum absolute atomic E-state index is 12.3. The van der Waals surface area contributed by atoms with Crippen LogP contribution in [-0.2, 0) is 4.79 Å². The van der Waals surface area contributed by atoms with Crippen LogP contribution in [0.25, 0.3) is 10.6 Å². The van der Waals surface area contributed by atoms with Crippen molar-refractivity contribution < 1.29 is 9.53 Å². The van der Waals surface area contributed by atoms with Crippen LogP contribution in [0.5, 0.6) is 5.75 Å². The Kier molecular flexibility index (Phi) is 6.52. The molecule has 0 saturated carbocycles. The quantitative estimate of drug-likeness (QED) is 0.728. The van der Waals surface area contributed by atoms with E-state index in [-0.39, 0.29) is 5.91 Å². The summed E-state index contributed by atoms with van der Waals surface area (Å²) in [5, 5.41) is 9.98. The van der Waals surface area contributed by atoms with Gasteiger partial charge in [-0.2, -0.15) is 0 Å². The smallest absolute Gasteiger partial charge is 0.228 e. The lowest BCUT2D eigenvalue weighted by Crippen LogP contribution is -2.31. The van der Waals surface area contributed by atoms with Gasteiger partial charge in [0, 0.05) is 18.5 Å². The summed E-state index contributed by atoms with van der Waals surface area (Å²) >= 11 is 1.45. The van der Waals surface area contributed by atoms with Crippen LogP contribution in [-0.4, -0.2) is 29.8 Å². The number of hydrogen-bond donors (Lipinski definition) is 0. The van der Waals surface area contributed by atoms with Crippen LogP contribution in [0.2, 0.25) is 0 Å². The maximum Gasteiger partial charge on any atom is 0.228 e. The molecule has 0 unspecified atom stereocenters. The summed E-state index contributed by atoms with van der Waals surface area (Å²) in [4.78, 5) is 14.1. The Balaban J connectivity index is 2.20. The third-order valence-corrected chi connectivity index (χ3v) is 4.48. The highest BCUT2D eigenvalue weighted by molar-refractivity contribution is 7.18. The largest absolute Gasteiger partial charge is 0.497 e. The second-order valence-corrected chi connectivity index (χ2v) is 6.22. The summed E-state index contributed by atoms with van der Waals surface area (Å²) in [7, 11) is 1.64. The molecule has 0 bridgehead atoms. The average Bonchev–Trinajstić information content (AvgIpc) is 3.05. The van der Waals surface area contributed by atoms with Gasteiger partial charge in [-0.15, -0.1) is 10.2 Å². The number of rotatable bonds is 8. The number of aromatic nitrogens is 2.